The maximum Gasteiger partial charge on any atom is 0.350 e. The van der Waals surface area contributed by atoms with Gasteiger partial charge in [-0.25, -0.2) is 22.5 Å². The summed E-state index contributed by atoms with van der Waals surface area (Å²) >= 11 is 1.20. The normalized spacial score (nSPS) is 11.5. The van der Waals surface area contributed by atoms with Gasteiger partial charge in [0.2, 0.25) is 10.0 Å². The smallest absolute Gasteiger partial charge is 0.350 e. The number of amides is 1. The number of nitrogens with one attached hydrogen (secondary N) is 1. The van der Waals surface area contributed by atoms with E-state index in [0.717, 1.165) is 9.31 Å². The lowest BCUT2D eigenvalue weighted by atomic mass is 10.2. The summed E-state index contributed by atoms with van der Waals surface area (Å²) < 4.78 is 30.6. The molecule has 0 aliphatic carbocycles. The standard InChI is InChI=1S/C17H21N3O5S2/c1-10-6-7-13(27(23,24)20(4)5)8-14(10)19-15(21)9-25-17(22)16-11(2)18-12(3)26-16/h6-8H,9H2,1-5H3,(H,19,21). The SMILES string of the molecule is Cc1nc(C)c(C(=O)OCC(=O)Nc2cc(S(=O)(=O)N(C)C)ccc2C)s1. The molecule has 2 aromatic rings. The molecule has 1 N–H and O–H groups in total. The van der Waals surface area contributed by atoms with Crippen LogP contribution in [-0.4, -0.2) is 50.3 Å². The maximum absolute atomic E-state index is 12.2. The number of hydrogen-bond acceptors (Lipinski definition) is 7. The van der Waals surface area contributed by atoms with E-state index in [1.807, 2.05) is 0 Å². The molecule has 146 valence electrons. The van der Waals surface area contributed by atoms with Gasteiger partial charge in [0.05, 0.1) is 15.6 Å². The van der Waals surface area contributed by atoms with Crippen LogP contribution >= 0.6 is 11.3 Å². The van der Waals surface area contributed by atoms with Crippen LogP contribution in [0, 0.1) is 20.8 Å². The number of thiazole rings is 1. The van der Waals surface area contributed by atoms with Crippen molar-refractivity contribution in [1.29, 1.82) is 0 Å². The monoisotopic (exact) mass is 411 g/mol. The molecule has 0 radical (unpaired) electrons. The van der Waals surface area contributed by atoms with Crippen LogP contribution in [0.4, 0.5) is 5.69 Å². The van der Waals surface area contributed by atoms with Crippen molar-refractivity contribution in [2.75, 3.05) is 26.0 Å². The average Bonchev–Trinajstić information content (AvgIpc) is 2.92. The molecule has 0 fully saturated rings. The Morgan fingerprint density at radius 2 is 1.89 bits per heavy atom. The van der Waals surface area contributed by atoms with Gasteiger partial charge in [-0.05, 0) is 38.5 Å². The van der Waals surface area contributed by atoms with Crippen LogP contribution < -0.4 is 5.32 Å². The fraction of sp³-hybridized carbons (Fsp3) is 0.353. The van der Waals surface area contributed by atoms with Gasteiger partial charge in [-0.1, -0.05) is 6.07 Å². The number of hydrogen-bond donors (Lipinski definition) is 1. The van der Waals surface area contributed by atoms with E-state index in [1.54, 1.807) is 26.8 Å². The number of rotatable bonds is 6. The molecular formula is C17H21N3O5S2. The summed E-state index contributed by atoms with van der Waals surface area (Å²) in [6.07, 6.45) is 0. The first kappa shape index (κ1) is 21.0. The molecule has 1 heterocycles. The molecule has 0 atom stereocenters. The van der Waals surface area contributed by atoms with Gasteiger partial charge in [0.25, 0.3) is 5.91 Å². The lowest BCUT2D eigenvalue weighted by Crippen LogP contribution is -2.23. The topological polar surface area (TPSA) is 106 Å². The summed E-state index contributed by atoms with van der Waals surface area (Å²) in [5.74, 6) is -1.18. The van der Waals surface area contributed by atoms with Crippen LogP contribution in [0.25, 0.3) is 0 Å². The predicted octanol–water partition coefficient (Wildman–Crippen LogP) is 2.11. The van der Waals surface area contributed by atoms with Crippen LogP contribution in [0.3, 0.4) is 0 Å². The van der Waals surface area contributed by atoms with E-state index in [-0.39, 0.29) is 4.90 Å². The lowest BCUT2D eigenvalue weighted by Gasteiger charge is -2.14. The van der Waals surface area contributed by atoms with Gasteiger partial charge in [0.1, 0.15) is 4.88 Å². The van der Waals surface area contributed by atoms with Gasteiger partial charge < -0.3 is 10.1 Å². The van der Waals surface area contributed by atoms with Gasteiger partial charge in [0.15, 0.2) is 6.61 Å². The molecule has 1 aromatic heterocycles. The highest BCUT2D eigenvalue weighted by Gasteiger charge is 2.20. The third kappa shape index (κ3) is 4.90. The molecular weight excluding hydrogens is 390 g/mol. The second-order valence-corrected chi connectivity index (χ2v) is 9.39. The molecule has 0 aliphatic rings. The van der Waals surface area contributed by atoms with Crippen LogP contribution in [0.1, 0.15) is 25.9 Å². The predicted molar refractivity (Wildman–Crippen MR) is 103 cm³/mol. The number of aromatic nitrogens is 1. The van der Waals surface area contributed by atoms with Gasteiger partial charge >= 0.3 is 5.97 Å². The van der Waals surface area contributed by atoms with Crippen LogP contribution in [0.15, 0.2) is 23.1 Å². The summed E-state index contributed by atoms with van der Waals surface area (Å²) in [6, 6.07) is 4.44. The van der Waals surface area contributed by atoms with Crippen molar-refractivity contribution in [3.63, 3.8) is 0 Å². The first-order valence-electron chi connectivity index (χ1n) is 7.96. The summed E-state index contributed by atoms with van der Waals surface area (Å²) in [6.45, 7) is 4.72. The Kier molecular flexibility index (Phi) is 6.34. The van der Waals surface area contributed by atoms with E-state index in [4.69, 9.17) is 4.74 Å². The number of sulfonamides is 1. The van der Waals surface area contributed by atoms with Crippen molar-refractivity contribution < 1.29 is 22.7 Å². The highest BCUT2D eigenvalue weighted by molar-refractivity contribution is 7.89. The highest BCUT2D eigenvalue weighted by Crippen LogP contribution is 2.22. The Morgan fingerprint density at radius 3 is 2.44 bits per heavy atom. The van der Waals surface area contributed by atoms with Crippen LogP contribution in [0.2, 0.25) is 0 Å². The molecule has 1 aromatic carbocycles. The fourth-order valence-corrected chi connectivity index (χ4v) is 3.95. The number of ether oxygens (including phenoxy) is 1. The highest BCUT2D eigenvalue weighted by atomic mass is 32.2. The molecule has 8 nitrogen and oxygen atoms in total. The molecule has 2 rings (SSSR count). The third-order valence-electron chi connectivity index (χ3n) is 3.68. The molecule has 27 heavy (non-hydrogen) atoms. The number of esters is 1. The largest absolute Gasteiger partial charge is 0.451 e. The van der Waals surface area contributed by atoms with Crippen molar-refractivity contribution in [3.8, 4) is 0 Å². The molecule has 0 unspecified atom stereocenters. The molecule has 0 bridgehead atoms. The molecule has 0 spiro atoms. The van der Waals surface area contributed by atoms with Crippen molar-refractivity contribution in [1.82, 2.24) is 9.29 Å². The Bertz CT molecular complexity index is 980. The van der Waals surface area contributed by atoms with E-state index < -0.39 is 28.5 Å². The van der Waals surface area contributed by atoms with Gasteiger partial charge in [0, 0.05) is 19.8 Å². The summed E-state index contributed by atoms with van der Waals surface area (Å²) in [4.78, 5) is 28.7. The van der Waals surface area contributed by atoms with Crippen molar-refractivity contribution in [2.24, 2.45) is 0 Å². The molecule has 0 saturated carbocycles. The zero-order chi connectivity index (χ0) is 20.4. The second-order valence-electron chi connectivity index (χ2n) is 6.04. The van der Waals surface area contributed by atoms with Gasteiger partial charge in [-0.2, -0.15) is 0 Å². The second kappa shape index (κ2) is 8.15. The van der Waals surface area contributed by atoms with E-state index in [2.05, 4.69) is 10.3 Å². The van der Waals surface area contributed by atoms with Crippen molar-refractivity contribution in [3.05, 3.63) is 39.3 Å². The molecule has 1 amide bonds. The first-order chi connectivity index (χ1) is 12.5. The Hall–Kier alpha value is -2.30. The quantitative estimate of drug-likeness (QED) is 0.730. The number of aryl methyl sites for hydroxylation is 3. The Balaban J connectivity index is 2.07. The number of carbonyl (C=O) groups is 2. The third-order valence-corrected chi connectivity index (χ3v) is 6.55. The minimum Gasteiger partial charge on any atom is -0.451 e. The zero-order valence-electron chi connectivity index (χ0n) is 15.7. The van der Waals surface area contributed by atoms with E-state index >= 15 is 0 Å². The first-order valence-corrected chi connectivity index (χ1v) is 10.2. The molecule has 10 heteroatoms. The summed E-state index contributed by atoms with van der Waals surface area (Å²) in [5, 5.41) is 3.31. The summed E-state index contributed by atoms with van der Waals surface area (Å²) in [5.41, 5.74) is 1.57. The number of anilines is 1. The number of carbonyl (C=O) groups excluding carboxylic acids is 2. The average molecular weight is 412 g/mol. The van der Waals surface area contributed by atoms with Gasteiger partial charge in [-0.15, -0.1) is 11.3 Å². The van der Waals surface area contributed by atoms with E-state index in [1.165, 1.54) is 37.6 Å². The van der Waals surface area contributed by atoms with Crippen molar-refractivity contribution in [2.45, 2.75) is 25.7 Å². The van der Waals surface area contributed by atoms with Crippen molar-refractivity contribution >= 4 is 38.9 Å². The lowest BCUT2D eigenvalue weighted by molar-refractivity contribution is -0.119. The molecule has 0 aliphatic heterocycles. The van der Waals surface area contributed by atoms with Crippen LogP contribution in [0.5, 0.6) is 0 Å². The zero-order valence-corrected chi connectivity index (χ0v) is 17.3. The maximum atomic E-state index is 12.2. The Labute approximate surface area is 162 Å². The minimum atomic E-state index is -3.63. The fourth-order valence-electron chi connectivity index (χ4n) is 2.21. The summed E-state index contributed by atoms with van der Waals surface area (Å²) in [7, 11) is -0.772. The van der Waals surface area contributed by atoms with Crippen LogP contribution in [-0.2, 0) is 19.6 Å². The van der Waals surface area contributed by atoms with Gasteiger partial charge in [-0.3, -0.25) is 4.79 Å². The van der Waals surface area contributed by atoms with E-state index in [9.17, 15) is 18.0 Å². The minimum absolute atomic E-state index is 0.0566. The Morgan fingerprint density at radius 1 is 1.22 bits per heavy atom. The number of benzene rings is 1. The van der Waals surface area contributed by atoms with E-state index in [0.29, 0.717) is 21.8 Å². The molecule has 0 saturated heterocycles. The number of nitrogens with zero attached hydrogens (tertiary/aromatic N) is 2.